The third-order valence-electron chi connectivity index (χ3n) is 3.62. The normalized spacial score (nSPS) is 15.8. The highest BCUT2D eigenvalue weighted by Gasteiger charge is 2.16. The van der Waals surface area contributed by atoms with E-state index in [-0.39, 0.29) is 6.04 Å². The number of ether oxygens (including phenoxy) is 2. The second-order valence-corrected chi connectivity index (χ2v) is 6.41. The lowest BCUT2D eigenvalue weighted by atomic mass is 10.0. The molecule has 1 aliphatic rings. The average Bonchev–Trinajstić information content (AvgIpc) is 2.67. The lowest BCUT2D eigenvalue weighted by Crippen LogP contribution is -2.10. The number of rotatable bonds is 2. The molecule has 0 bridgehead atoms. The van der Waals surface area contributed by atoms with Gasteiger partial charge >= 0.3 is 0 Å². The van der Waals surface area contributed by atoms with E-state index in [1.165, 1.54) is 15.3 Å². The predicted octanol–water partition coefficient (Wildman–Crippen LogP) is 3.57. The molecule has 20 heavy (non-hydrogen) atoms. The maximum absolute atomic E-state index is 6.38. The van der Waals surface area contributed by atoms with E-state index in [9.17, 15) is 0 Å². The van der Waals surface area contributed by atoms with Crippen LogP contribution in [0.3, 0.4) is 0 Å². The van der Waals surface area contributed by atoms with Crippen LogP contribution >= 0.6 is 11.3 Å². The Bertz CT molecular complexity index is 601. The zero-order chi connectivity index (χ0) is 14.1. The molecule has 1 aliphatic heterocycles. The Hall–Kier alpha value is -1.52. The first-order valence-corrected chi connectivity index (χ1v) is 7.69. The van der Waals surface area contributed by atoms with E-state index in [1.54, 1.807) is 11.3 Å². The number of nitrogens with two attached hydrogens (primary N) is 1. The van der Waals surface area contributed by atoms with Gasteiger partial charge in [0, 0.05) is 16.2 Å². The summed E-state index contributed by atoms with van der Waals surface area (Å²) in [5.74, 6) is 1.62. The highest BCUT2D eigenvalue weighted by molar-refractivity contribution is 7.12. The second kappa shape index (κ2) is 5.46. The van der Waals surface area contributed by atoms with Gasteiger partial charge in [-0.15, -0.1) is 11.3 Å². The molecular weight excluding hydrogens is 270 g/mol. The highest BCUT2D eigenvalue weighted by atomic mass is 32.1. The van der Waals surface area contributed by atoms with E-state index in [0.29, 0.717) is 13.2 Å². The number of fused-ring (bicyclic) bond motifs is 1. The van der Waals surface area contributed by atoms with Gasteiger partial charge in [-0.25, -0.2) is 0 Å². The quantitative estimate of drug-likeness (QED) is 0.919. The average molecular weight is 289 g/mol. The van der Waals surface area contributed by atoms with Crippen LogP contribution in [0.2, 0.25) is 0 Å². The first kappa shape index (κ1) is 13.5. The summed E-state index contributed by atoms with van der Waals surface area (Å²) >= 11 is 1.76. The highest BCUT2D eigenvalue weighted by Crippen LogP contribution is 2.35. The van der Waals surface area contributed by atoms with Crippen molar-refractivity contribution < 1.29 is 9.47 Å². The third kappa shape index (κ3) is 2.53. The SMILES string of the molecule is Cc1cc(C(N)c2ccc3c(c2)OCCCO3)sc1C. The lowest BCUT2D eigenvalue weighted by molar-refractivity contribution is 0.297. The van der Waals surface area contributed by atoms with Crippen LogP contribution < -0.4 is 15.2 Å². The molecular formula is C16H19NO2S. The molecule has 2 aromatic rings. The van der Waals surface area contributed by atoms with Crippen LogP contribution in [-0.2, 0) is 0 Å². The van der Waals surface area contributed by atoms with Gasteiger partial charge in [0.05, 0.1) is 19.3 Å². The zero-order valence-corrected chi connectivity index (χ0v) is 12.6. The predicted molar refractivity (Wildman–Crippen MR) is 81.9 cm³/mol. The maximum atomic E-state index is 6.38. The standard InChI is InChI=1S/C16H19NO2S/c1-10-8-15(20-11(10)2)16(17)12-4-5-13-14(9-12)19-7-3-6-18-13/h4-5,8-9,16H,3,6-7,17H2,1-2H3. The van der Waals surface area contributed by atoms with Gasteiger partial charge in [0.15, 0.2) is 11.5 Å². The largest absolute Gasteiger partial charge is 0.490 e. The molecule has 1 unspecified atom stereocenters. The molecule has 0 saturated heterocycles. The van der Waals surface area contributed by atoms with Gasteiger partial charge < -0.3 is 15.2 Å². The Morgan fingerprint density at radius 3 is 2.55 bits per heavy atom. The fourth-order valence-corrected chi connectivity index (χ4v) is 3.36. The minimum Gasteiger partial charge on any atom is -0.490 e. The van der Waals surface area contributed by atoms with Crippen molar-refractivity contribution >= 4 is 11.3 Å². The van der Waals surface area contributed by atoms with Gasteiger partial charge in [0.25, 0.3) is 0 Å². The van der Waals surface area contributed by atoms with Gasteiger partial charge in [0.2, 0.25) is 0 Å². The summed E-state index contributed by atoms with van der Waals surface area (Å²) < 4.78 is 11.4. The molecule has 4 heteroatoms. The monoisotopic (exact) mass is 289 g/mol. The molecule has 2 N–H and O–H groups in total. The molecule has 0 amide bonds. The Balaban J connectivity index is 1.92. The minimum absolute atomic E-state index is 0.107. The number of hydrogen-bond donors (Lipinski definition) is 1. The number of benzene rings is 1. The van der Waals surface area contributed by atoms with Crippen molar-refractivity contribution in [1.29, 1.82) is 0 Å². The molecule has 2 heterocycles. The van der Waals surface area contributed by atoms with Gasteiger partial charge in [0.1, 0.15) is 0 Å². The topological polar surface area (TPSA) is 44.5 Å². The molecule has 3 nitrogen and oxygen atoms in total. The molecule has 0 saturated carbocycles. The summed E-state index contributed by atoms with van der Waals surface area (Å²) in [6.45, 7) is 5.66. The van der Waals surface area contributed by atoms with Crippen molar-refractivity contribution in [2.24, 2.45) is 5.73 Å². The Labute approximate surface area is 123 Å². The maximum Gasteiger partial charge on any atom is 0.161 e. The molecule has 1 aromatic carbocycles. The molecule has 0 spiro atoms. The molecule has 3 rings (SSSR count). The van der Waals surface area contributed by atoms with Crippen molar-refractivity contribution in [3.8, 4) is 11.5 Å². The number of thiophene rings is 1. The number of hydrogen-bond acceptors (Lipinski definition) is 4. The van der Waals surface area contributed by atoms with Gasteiger partial charge in [-0.3, -0.25) is 0 Å². The van der Waals surface area contributed by atoms with Crippen LogP contribution in [0.1, 0.15) is 33.3 Å². The summed E-state index contributed by atoms with van der Waals surface area (Å²) in [7, 11) is 0. The van der Waals surface area contributed by atoms with Crippen molar-refractivity contribution in [2.45, 2.75) is 26.3 Å². The zero-order valence-electron chi connectivity index (χ0n) is 11.8. The summed E-state index contributed by atoms with van der Waals surface area (Å²) in [6, 6.07) is 8.07. The van der Waals surface area contributed by atoms with E-state index >= 15 is 0 Å². The van der Waals surface area contributed by atoms with E-state index in [2.05, 4.69) is 19.9 Å². The molecule has 0 radical (unpaired) electrons. The molecule has 106 valence electrons. The van der Waals surface area contributed by atoms with Crippen molar-refractivity contribution in [3.63, 3.8) is 0 Å². The summed E-state index contributed by atoms with van der Waals surface area (Å²) in [5.41, 5.74) is 8.75. The van der Waals surface area contributed by atoms with Crippen LogP contribution in [0.5, 0.6) is 11.5 Å². The first-order valence-electron chi connectivity index (χ1n) is 6.87. The van der Waals surface area contributed by atoms with E-state index < -0.39 is 0 Å². The lowest BCUT2D eigenvalue weighted by Gasteiger charge is -2.13. The smallest absolute Gasteiger partial charge is 0.161 e. The molecule has 1 aromatic heterocycles. The Morgan fingerprint density at radius 1 is 1.10 bits per heavy atom. The van der Waals surface area contributed by atoms with Crippen LogP contribution in [0, 0.1) is 13.8 Å². The van der Waals surface area contributed by atoms with Crippen molar-refractivity contribution in [1.82, 2.24) is 0 Å². The van der Waals surface area contributed by atoms with Crippen LogP contribution in [0.15, 0.2) is 24.3 Å². The van der Waals surface area contributed by atoms with Crippen molar-refractivity contribution in [3.05, 3.63) is 45.1 Å². The summed E-state index contributed by atoms with van der Waals surface area (Å²) in [4.78, 5) is 2.51. The van der Waals surface area contributed by atoms with Crippen LogP contribution in [0.4, 0.5) is 0 Å². The number of aryl methyl sites for hydroxylation is 2. The van der Waals surface area contributed by atoms with E-state index in [1.807, 2.05) is 18.2 Å². The van der Waals surface area contributed by atoms with Gasteiger partial charge in [-0.05, 0) is 43.2 Å². The van der Waals surface area contributed by atoms with Crippen LogP contribution in [0.25, 0.3) is 0 Å². The van der Waals surface area contributed by atoms with Crippen molar-refractivity contribution in [2.75, 3.05) is 13.2 Å². The first-order chi connectivity index (χ1) is 9.65. The second-order valence-electron chi connectivity index (χ2n) is 5.12. The van der Waals surface area contributed by atoms with E-state index in [0.717, 1.165) is 23.5 Å². The molecule has 1 atom stereocenters. The third-order valence-corrected chi connectivity index (χ3v) is 4.86. The van der Waals surface area contributed by atoms with Gasteiger partial charge in [-0.2, -0.15) is 0 Å². The minimum atomic E-state index is -0.107. The molecule has 0 aliphatic carbocycles. The Morgan fingerprint density at radius 2 is 1.85 bits per heavy atom. The molecule has 0 fully saturated rings. The summed E-state index contributed by atoms with van der Waals surface area (Å²) in [6.07, 6.45) is 0.916. The summed E-state index contributed by atoms with van der Waals surface area (Å²) in [5, 5.41) is 0. The van der Waals surface area contributed by atoms with E-state index in [4.69, 9.17) is 15.2 Å². The van der Waals surface area contributed by atoms with Gasteiger partial charge in [-0.1, -0.05) is 6.07 Å². The van der Waals surface area contributed by atoms with Crippen LogP contribution in [-0.4, -0.2) is 13.2 Å². The Kier molecular flexibility index (Phi) is 3.68. The fraction of sp³-hybridized carbons (Fsp3) is 0.375. The fourth-order valence-electron chi connectivity index (χ4n) is 2.29.